The van der Waals surface area contributed by atoms with Gasteiger partial charge in [-0.15, -0.1) is 0 Å². The van der Waals surface area contributed by atoms with Crippen molar-refractivity contribution >= 4 is 11.8 Å². The van der Waals surface area contributed by atoms with Gasteiger partial charge < -0.3 is 4.57 Å². The fraction of sp³-hybridized carbons (Fsp3) is 0.125. The summed E-state index contributed by atoms with van der Waals surface area (Å²) in [6.07, 6.45) is 3.74. The molecule has 0 saturated heterocycles. The van der Waals surface area contributed by atoms with Gasteiger partial charge in [0.05, 0.1) is 17.1 Å². The van der Waals surface area contributed by atoms with Crippen molar-refractivity contribution in [1.29, 1.82) is 0 Å². The first-order chi connectivity index (χ1) is 10.2. The van der Waals surface area contributed by atoms with Crippen LogP contribution in [0.3, 0.4) is 0 Å². The second-order valence-corrected chi connectivity index (χ2v) is 5.35. The summed E-state index contributed by atoms with van der Waals surface area (Å²) in [5, 5.41) is 0.898. The van der Waals surface area contributed by atoms with E-state index in [0.717, 1.165) is 27.8 Å². The Labute approximate surface area is 126 Å². The Hall–Kier alpha value is -2.14. The van der Waals surface area contributed by atoms with Crippen LogP contribution in [0.4, 0.5) is 4.39 Å². The first-order valence-corrected chi connectivity index (χ1v) is 7.71. The highest BCUT2D eigenvalue weighted by molar-refractivity contribution is 7.98. The topological polar surface area (TPSA) is 30.7 Å². The Balaban J connectivity index is 2.22. The molecule has 0 atom stereocenters. The number of imidazole rings is 1. The normalized spacial score (nSPS) is 10.8. The number of thioether (sulfide) groups is 1. The van der Waals surface area contributed by atoms with Crippen molar-refractivity contribution in [3.63, 3.8) is 0 Å². The molecule has 0 N–H and O–H groups in total. The zero-order valence-corrected chi connectivity index (χ0v) is 12.6. The van der Waals surface area contributed by atoms with E-state index in [1.807, 2.05) is 36.1 Å². The summed E-state index contributed by atoms with van der Waals surface area (Å²) >= 11 is 1.57. The highest BCUT2D eigenvalue weighted by Gasteiger charge is 2.18. The van der Waals surface area contributed by atoms with Gasteiger partial charge in [-0.3, -0.25) is 4.98 Å². The van der Waals surface area contributed by atoms with Crippen LogP contribution in [0.1, 0.15) is 0 Å². The second kappa shape index (κ2) is 5.69. The predicted molar refractivity (Wildman–Crippen MR) is 83.6 cm³/mol. The van der Waals surface area contributed by atoms with Crippen LogP contribution in [-0.4, -0.2) is 20.8 Å². The van der Waals surface area contributed by atoms with Gasteiger partial charge in [-0.2, -0.15) is 0 Å². The van der Waals surface area contributed by atoms with Crippen LogP contribution in [0.2, 0.25) is 0 Å². The lowest BCUT2D eigenvalue weighted by atomic mass is 10.1. The number of hydrogen-bond donors (Lipinski definition) is 0. The van der Waals surface area contributed by atoms with E-state index in [-0.39, 0.29) is 5.82 Å². The molecule has 3 rings (SSSR count). The lowest BCUT2D eigenvalue weighted by molar-refractivity contribution is 0.628. The van der Waals surface area contributed by atoms with E-state index in [4.69, 9.17) is 0 Å². The van der Waals surface area contributed by atoms with Gasteiger partial charge >= 0.3 is 0 Å². The van der Waals surface area contributed by atoms with Crippen LogP contribution in [0.15, 0.2) is 53.8 Å². The number of halogens is 1. The van der Waals surface area contributed by atoms with Crippen LogP contribution in [0.25, 0.3) is 22.6 Å². The summed E-state index contributed by atoms with van der Waals surface area (Å²) in [7, 11) is 1.97. The average Bonchev–Trinajstić information content (AvgIpc) is 2.85. The molecule has 106 valence electrons. The summed E-state index contributed by atoms with van der Waals surface area (Å²) in [6, 6.07) is 12.2. The molecular weight excluding hydrogens is 285 g/mol. The number of benzene rings is 1. The molecule has 0 amide bonds. The Kier molecular flexibility index (Phi) is 3.75. The molecule has 1 aromatic carbocycles. The number of aromatic nitrogens is 3. The van der Waals surface area contributed by atoms with Crippen LogP contribution < -0.4 is 0 Å². The molecule has 3 aromatic rings. The first kappa shape index (κ1) is 13.8. The molecule has 0 aliphatic heterocycles. The molecular formula is C16H14FN3S. The third kappa shape index (κ3) is 2.56. The van der Waals surface area contributed by atoms with Crippen LogP contribution >= 0.6 is 11.8 Å². The smallest absolute Gasteiger partial charge is 0.168 e. The van der Waals surface area contributed by atoms with Gasteiger partial charge in [-0.25, -0.2) is 9.37 Å². The second-order valence-electron chi connectivity index (χ2n) is 4.58. The molecule has 21 heavy (non-hydrogen) atoms. The third-order valence-electron chi connectivity index (χ3n) is 3.26. The van der Waals surface area contributed by atoms with E-state index in [1.54, 1.807) is 30.1 Å². The summed E-state index contributed by atoms with van der Waals surface area (Å²) in [6.45, 7) is 0. The maximum atomic E-state index is 13.1. The highest BCUT2D eigenvalue weighted by atomic mass is 32.2. The number of rotatable bonds is 3. The molecule has 5 heteroatoms. The van der Waals surface area contributed by atoms with Gasteiger partial charge in [0, 0.05) is 18.8 Å². The van der Waals surface area contributed by atoms with Gasteiger partial charge in [0.15, 0.2) is 5.16 Å². The average molecular weight is 299 g/mol. The van der Waals surface area contributed by atoms with E-state index in [9.17, 15) is 4.39 Å². The fourth-order valence-electron chi connectivity index (χ4n) is 2.27. The zero-order chi connectivity index (χ0) is 14.8. The zero-order valence-electron chi connectivity index (χ0n) is 11.7. The van der Waals surface area contributed by atoms with E-state index < -0.39 is 0 Å². The molecule has 0 aliphatic rings. The molecule has 0 aliphatic carbocycles. The van der Waals surface area contributed by atoms with Crippen molar-refractivity contribution in [3.8, 4) is 22.6 Å². The number of nitrogens with zero attached hydrogens (tertiary/aromatic N) is 3. The van der Waals surface area contributed by atoms with Crippen LogP contribution in [0.5, 0.6) is 0 Å². The van der Waals surface area contributed by atoms with Gasteiger partial charge in [0.2, 0.25) is 0 Å². The van der Waals surface area contributed by atoms with Crippen LogP contribution in [-0.2, 0) is 7.05 Å². The largest absolute Gasteiger partial charge is 0.320 e. The summed E-state index contributed by atoms with van der Waals surface area (Å²) in [5.41, 5.74) is 3.49. The molecule has 0 saturated carbocycles. The standard InChI is InChI=1S/C16H14FN3S/c1-20-15(13-5-3-4-10-18-13)14(19-16(20)21-2)11-6-8-12(17)9-7-11/h3-10H,1-2H3. The third-order valence-corrected chi connectivity index (χ3v) is 3.99. The minimum absolute atomic E-state index is 0.251. The van der Waals surface area contributed by atoms with E-state index in [2.05, 4.69) is 9.97 Å². The summed E-state index contributed by atoms with van der Waals surface area (Å²) < 4.78 is 15.2. The van der Waals surface area contributed by atoms with Crippen molar-refractivity contribution in [2.24, 2.45) is 7.05 Å². The fourth-order valence-corrected chi connectivity index (χ4v) is 2.81. The molecule has 2 aromatic heterocycles. The predicted octanol–water partition coefficient (Wildman–Crippen LogP) is 4.01. The van der Waals surface area contributed by atoms with E-state index in [0.29, 0.717) is 0 Å². The minimum Gasteiger partial charge on any atom is -0.320 e. The van der Waals surface area contributed by atoms with Crippen molar-refractivity contribution < 1.29 is 4.39 Å². The molecule has 0 bridgehead atoms. The SMILES string of the molecule is CSc1nc(-c2ccc(F)cc2)c(-c2ccccn2)n1C. The molecule has 0 fully saturated rings. The van der Waals surface area contributed by atoms with Gasteiger partial charge in [0.1, 0.15) is 5.82 Å². The maximum absolute atomic E-state index is 13.1. The quantitative estimate of drug-likeness (QED) is 0.685. The van der Waals surface area contributed by atoms with E-state index in [1.165, 1.54) is 12.1 Å². The number of pyridine rings is 1. The van der Waals surface area contributed by atoms with Crippen molar-refractivity contribution in [1.82, 2.24) is 14.5 Å². The molecule has 0 spiro atoms. The Morgan fingerprint density at radius 2 is 1.86 bits per heavy atom. The lowest BCUT2D eigenvalue weighted by Gasteiger charge is -2.06. The highest BCUT2D eigenvalue weighted by Crippen LogP contribution is 2.33. The molecule has 3 nitrogen and oxygen atoms in total. The van der Waals surface area contributed by atoms with Crippen molar-refractivity contribution in [2.75, 3.05) is 6.26 Å². The van der Waals surface area contributed by atoms with Crippen LogP contribution in [0, 0.1) is 5.82 Å². The van der Waals surface area contributed by atoms with Crippen molar-refractivity contribution in [2.45, 2.75) is 5.16 Å². The molecule has 0 radical (unpaired) electrons. The molecule has 0 unspecified atom stereocenters. The minimum atomic E-state index is -0.251. The Morgan fingerprint density at radius 3 is 2.48 bits per heavy atom. The Bertz CT molecular complexity index is 751. The Morgan fingerprint density at radius 1 is 1.10 bits per heavy atom. The summed E-state index contributed by atoms with van der Waals surface area (Å²) in [4.78, 5) is 9.08. The van der Waals surface area contributed by atoms with Gasteiger partial charge in [-0.1, -0.05) is 17.8 Å². The summed E-state index contributed by atoms with van der Waals surface area (Å²) in [5.74, 6) is -0.251. The molecule has 2 heterocycles. The van der Waals surface area contributed by atoms with Crippen molar-refractivity contribution in [3.05, 3.63) is 54.5 Å². The maximum Gasteiger partial charge on any atom is 0.168 e. The monoisotopic (exact) mass is 299 g/mol. The van der Waals surface area contributed by atoms with E-state index >= 15 is 0 Å². The van der Waals surface area contributed by atoms with Gasteiger partial charge in [0.25, 0.3) is 0 Å². The first-order valence-electron chi connectivity index (χ1n) is 6.48. The number of hydrogen-bond acceptors (Lipinski definition) is 3. The van der Waals surface area contributed by atoms with Gasteiger partial charge in [-0.05, 0) is 42.7 Å². The lowest BCUT2D eigenvalue weighted by Crippen LogP contribution is -1.95.